The number of hydrogen-bond acceptors (Lipinski definition) is 3. The van der Waals surface area contributed by atoms with E-state index in [1.807, 2.05) is 6.07 Å². The Hall–Kier alpha value is -1.42. The van der Waals surface area contributed by atoms with Crippen molar-refractivity contribution in [1.29, 1.82) is 0 Å². The minimum Gasteiger partial charge on any atom is -0.478 e. The zero-order valence-corrected chi connectivity index (χ0v) is 11.5. The molecule has 104 valence electrons. The minimum atomic E-state index is -0.917. The van der Waals surface area contributed by atoms with Gasteiger partial charge in [-0.15, -0.1) is 0 Å². The van der Waals surface area contributed by atoms with E-state index >= 15 is 0 Å². The van der Waals surface area contributed by atoms with Gasteiger partial charge in [0, 0.05) is 12.7 Å². The summed E-state index contributed by atoms with van der Waals surface area (Å²) in [5, 5.41) is 8.83. The van der Waals surface area contributed by atoms with E-state index in [-0.39, 0.29) is 5.56 Å². The van der Waals surface area contributed by atoms with Crippen molar-refractivity contribution >= 4 is 5.97 Å². The molecule has 1 aromatic rings. The first kappa shape index (κ1) is 14.0. The van der Waals surface area contributed by atoms with Gasteiger partial charge in [0.1, 0.15) is 0 Å². The van der Waals surface area contributed by atoms with Crippen LogP contribution in [-0.4, -0.2) is 34.0 Å². The van der Waals surface area contributed by atoms with Crippen molar-refractivity contribution in [2.75, 3.05) is 13.1 Å². The first-order chi connectivity index (χ1) is 9.19. The molecule has 1 saturated heterocycles. The fraction of sp³-hybridized carbons (Fsp3) is 0.600. The van der Waals surface area contributed by atoms with E-state index in [9.17, 15) is 4.79 Å². The fourth-order valence-corrected chi connectivity index (χ4v) is 2.72. The highest BCUT2D eigenvalue weighted by atomic mass is 16.4. The van der Waals surface area contributed by atoms with Crippen LogP contribution in [0.1, 0.15) is 48.7 Å². The summed E-state index contributed by atoms with van der Waals surface area (Å²) in [5.41, 5.74) is 1.21. The molecule has 1 aliphatic rings. The third kappa shape index (κ3) is 4.03. The molecule has 0 spiro atoms. The molecular weight excluding hydrogens is 240 g/mol. The lowest BCUT2D eigenvalue weighted by atomic mass is 9.92. The predicted octanol–water partition coefficient (Wildman–Crippen LogP) is 2.79. The fourth-order valence-electron chi connectivity index (χ4n) is 2.72. The summed E-state index contributed by atoms with van der Waals surface area (Å²) in [7, 11) is 0. The number of carboxylic acids is 1. The van der Waals surface area contributed by atoms with Crippen molar-refractivity contribution in [3.8, 4) is 0 Å². The maximum atomic E-state index is 10.7. The van der Waals surface area contributed by atoms with Crippen molar-refractivity contribution in [2.24, 2.45) is 5.92 Å². The van der Waals surface area contributed by atoms with Gasteiger partial charge in [-0.05, 0) is 44.0 Å². The summed E-state index contributed by atoms with van der Waals surface area (Å²) in [6.07, 6.45) is 6.63. The second-order valence-electron chi connectivity index (χ2n) is 5.35. The van der Waals surface area contributed by atoms with Crippen LogP contribution in [0.2, 0.25) is 0 Å². The van der Waals surface area contributed by atoms with E-state index in [2.05, 4.69) is 16.8 Å². The average molecular weight is 262 g/mol. The van der Waals surface area contributed by atoms with Gasteiger partial charge in [0.05, 0.1) is 11.3 Å². The van der Waals surface area contributed by atoms with Crippen LogP contribution in [-0.2, 0) is 6.54 Å². The highest BCUT2D eigenvalue weighted by molar-refractivity contribution is 5.87. The van der Waals surface area contributed by atoms with Gasteiger partial charge in [-0.25, -0.2) is 4.79 Å². The summed E-state index contributed by atoms with van der Waals surface area (Å²) in [6.45, 7) is 5.35. The monoisotopic (exact) mass is 262 g/mol. The normalized spacial score (nSPS) is 17.5. The molecule has 1 N–H and O–H groups in total. The van der Waals surface area contributed by atoms with Crippen LogP contribution in [0.4, 0.5) is 0 Å². The molecule has 19 heavy (non-hydrogen) atoms. The molecule has 0 aliphatic carbocycles. The molecular formula is C15H22N2O2. The average Bonchev–Trinajstić information content (AvgIpc) is 2.42. The van der Waals surface area contributed by atoms with Gasteiger partial charge in [-0.3, -0.25) is 9.88 Å². The Morgan fingerprint density at radius 3 is 2.68 bits per heavy atom. The molecule has 2 rings (SSSR count). The summed E-state index contributed by atoms with van der Waals surface area (Å²) in [5.74, 6) is -0.0250. The van der Waals surface area contributed by atoms with Crippen molar-refractivity contribution in [3.63, 3.8) is 0 Å². The van der Waals surface area contributed by atoms with Crippen LogP contribution in [0.5, 0.6) is 0 Å². The van der Waals surface area contributed by atoms with Gasteiger partial charge in [0.25, 0.3) is 0 Å². The van der Waals surface area contributed by atoms with Crippen molar-refractivity contribution in [1.82, 2.24) is 9.88 Å². The molecule has 1 aliphatic heterocycles. The van der Waals surface area contributed by atoms with E-state index in [1.54, 1.807) is 6.07 Å². The second-order valence-corrected chi connectivity index (χ2v) is 5.35. The number of aromatic nitrogens is 1. The Bertz CT molecular complexity index is 409. The molecule has 0 saturated carbocycles. The molecule has 2 heterocycles. The minimum absolute atomic E-state index is 0.255. The Morgan fingerprint density at radius 1 is 1.42 bits per heavy atom. The van der Waals surface area contributed by atoms with E-state index in [1.165, 1.54) is 31.9 Å². The molecule has 4 nitrogen and oxygen atoms in total. The lowest BCUT2D eigenvalue weighted by Crippen LogP contribution is -2.33. The standard InChI is InChI=1S/C15H22N2O2/c1-2-3-12-6-8-17(9-7-12)11-14-5-4-13(10-16-14)15(18)19/h4-5,10,12H,2-3,6-9,11H2,1H3,(H,18,19). The maximum absolute atomic E-state index is 10.7. The number of rotatable bonds is 5. The maximum Gasteiger partial charge on any atom is 0.337 e. The smallest absolute Gasteiger partial charge is 0.337 e. The van der Waals surface area contributed by atoms with Gasteiger partial charge < -0.3 is 5.11 Å². The van der Waals surface area contributed by atoms with Crippen molar-refractivity contribution < 1.29 is 9.90 Å². The SMILES string of the molecule is CCCC1CCN(Cc2ccc(C(=O)O)cn2)CC1. The molecule has 4 heteroatoms. The largest absolute Gasteiger partial charge is 0.478 e. The molecule has 0 aromatic carbocycles. The number of pyridine rings is 1. The van der Waals surface area contributed by atoms with Crippen molar-refractivity contribution in [2.45, 2.75) is 39.2 Å². The highest BCUT2D eigenvalue weighted by Crippen LogP contribution is 2.22. The Morgan fingerprint density at radius 2 is 2.16 bits per heavy atom. The topological polar surface area (TPSA) is 53.4 Å². The first-order valence-corrected chi connectivity index (χ1v) is 7.09. The van der Waals surface area contributed by atoms with Crippen molar-refractivity contribution in [3.05, 3.63) is 29.6 Å². The van der Waals surface area contributed by atoms with Crippen LogP contribution in [0.25, 0.3) is 0 Å². The van der Waals surface area contributed by atoms with Gasteiger partial charge >= 0.3 is 5.97 Å². The van der Waals surface area contributed by atoms with Crippen LogP contribution in [0, 0.1) is 5.92 Å². The molecule has 0 unspecified atom stereocenters. The summed E-state index contributed by atoms with van der Waals surface area (Å²) < 4.78 is 0. The number of nitrogens with zero attached hydrogens (tertiary/aromatic N) is 2. The predicted molar refractivity (Wildman–Crippen MR) is 74.1 cm³/mol. The molecule has 0 bridgehead atoms. The summed E-state index contributed by atoms with van der Waals surface area (Å²) in [4.78, 5) is 17.4. The lowest BCUT2D eigenvalue weighted by Gasteiger charge is -2.31. The Kier molecular flexibility index (Phi) is 4.91. The van der Waals surface area contributed by atoms with Crippen LogP contribution >= 0.6 is 0 Å². The van der Waals surface area contributed by atoms with E-state index in [0.29, 0.717) is 0 Å². The summed E-state index contributed by atoms with van der Waals surface area (Å²) in [6, 6.07) is 3.45. The molecule has 0 amide bonds. The van der Waals surface area contributed by atoms with E-state index in [4.69, 9.17) is 5.11 Å². The number of piperidine rings is 1. The van der Waals surface area contributed by atoms with Gasteiger partial charge in [0.15, 0.2) is 0 Å². The number of likely N-dealkylation sites (tertiary alicyclic amines) is 1. The van der Waals surface area contributed by atoms with Crippen LogP contribution < -0.4 is 0 Å². The van der Waals surface area contributed by atoms with Crippen LogP contribution in [0.15, 0.2) is 18.3 Å². The van der Waals surface area contributed by atoms with Gasteiger partial charge in [0.2, 0.25) is 0 Å². The number of carboxylic acid groups (broad SMARTS) is 1. The van der Waals surface area contributed by atoms with E-state index in [0.717, 1.165) is 31.2 Å². The molecule has 0 radical (unpaired) electrons. The van der Waals surface area contributed by atoms with E-state index < -0.39 is 5.97 Å². The molecule has 0 atom stereocenters. The number of aromatic carboxylic acids is 1. The zero-order valence-electron chi connectivity index (χ0n) is 11.5. The second kappa shape index (κ2) is 6.66. The molecule has 1 aromatic heterocycles. The number of carbonyl (C=O) groups is 1. The Labute approximate surface area is 114 Å². The lowest BCUT2D eigenvalue weighted by molar-refractivity contribution is 0.0696. The highest BCUT2D eigenvalue weighted by Gasteiger charge is 2.18. The summed E-state index contributed by atoms with van der Waals surface area (Å²) >= 11 is 0. The third-order valence-electron chi connectivity index (χ3n) is 3.86. The Balaban J connectivity index is 1.83. The van der Waals surface area contributed by atoms with Gasteiger partial charge in [-0.2, -0.15) is 0 Å². The third-order valence-corrected chi connectivity index (χ3v) is 3.86. The van der Waals surface area contributed by atoms with Crippen LogP contribution in [0.3, 0.4) is 0 Å². The quantitative estimate of drug-likeness (QED) is 0.886. The number of hydrogen-bond donors (Lipinski definition) is 1. The molecule has 1 fully saturated rings. The van der Waals surface area contributed by atoms with Gasteiger partial charge in [-0.1, -0.05) is 19.8 Å². The zero-order chi connectivity index (χ0) is 13.7. The first-order valence-electron chi connectivity index (χ1n) is 7.09.